The number of piperidine rings is 1. The molecule has 1 saturated heterocycles. The van der Waals surface area contributed by atoms with Crippen LogP contribution in [0.3, 0.4) is 0 Å². The molecule has 1 aliphatic carbocycles. The summed E-state index contributed by atoms with van der Waals surface area (Å²) < 4.78 is 0. The smallest absolute Gasteiger partial charge is 0.255 e. The van der Waals surface area contributed by atoms with E-state index < -0.39 is 0 Å². The number of nitrogens with zero attached hydrogens (tertiary/aromatic N) is 2. The van der Waals surface area contributed by atoms with Gasteiger partial charge in [0.05, 0.1) is 17.3 Å². The third kappa shape index (κ3) is 5.06. The molecule has 188 valence electrons. The van der Waals surface area contributed by atoms with E-state index in [0.717, 1.165) is 72.3 Å². The Kier molecular flexibility index (Phi) is 6.10. The molecular formula is C29H29N5O3. The van der Waals surface area contributed by atoms with E-state index >= 15 is 0 Å². The summed E-state index contributed by atoms with van der Waals surface area (Å²) >= 11 is 0. The van der Waals surface area contributed by atoms with Crippen molar-refractivity contribution in [2.75, 3.05) is 28.6 Å². The summed E-state index contributed by atoms with van der Waals surface area (Å²) in [4.78, 5) is 27.1. The third-order valence-corrected chi connectivity index (χ3v) is 7.15. The van der Waals surface area contributed by atoms with Crippen LogP contribution in [-0.2, 0) is 4.79 Å². The molecule has 4 aromatic rings. The highest BCUT2D eigenvalue weighted by Crippen LogP contribution is 2.32. The quantitative estimate of drug-likeness (QED) is 0.307. The summed E-state index contributed by atoms with van der Waals surface area (Å²) in [5.74, 6) is 0.0779. The zero-order valence-electron chi connectivity index (χ0n) is 20.4. The zero-order chi connectivity index (χ0) is 25.4. The molecule has 0 bridgehead atoms. The van der Waals surface area contributed by atoms with Crippen LogP contribution in [0.15, 0.2) is 66.7 Å². The van der Waals surface area contributed by atoms with Crippen molar-refractivity contribution in [3.05, 3.63) is 72.3 Å². The maximum absolute atomic E-state index is 12.8. The molecule has 1 saturated carbocycles. The van der Waals surface area contributed by atoms with Gasteiger partial charge in [-0.1, -0.05) is 12.1 Å². The molecule has 2 fully saturated rings. The second-order valence-corrected chi connectivity index (χ2v) is 9.89. The summed E-state index contributed by atoms with van der Waals surface area (Å²) in [5.41, 5.74) is 5.69. The molecule has 8 heteroatoms. The number of aromatic amines is 1. The van der Waals surface area contributed by atoms with Gasteiger partial charge in [-0.3, -0.25) is 14.7 Å². The first kappa shape index (κ1) is 23.2. The zero-order valence-corrected chi connectivity index (χ0v) is 20.4. The number of carbonyl (C=O) groups excluding carboxylic acids is 2. The van der Waals surface area contributed by atoms with E-state index in [1.54, 1.807) is 0 Å². The van der Waals surface area contributed by atoms with E-state index in [1.165, 1.54) is 0 Å². The number of benzene rings is 3. The van der Waals surface area contributed by atoms with Crippen LogP contribution in [0.2, 0.25) is 0 Å². The number of H-pyrrole nitrogens is 1. The highest BCUT2D eigenvalue weighted by molar-refractivity contribution is 6.06. The molecule has 1 aromatic heterocycles. The molecule has 0 unspecified atom stereocenters. The molecule has 0 radical (unpaired) electrons. The van der Waals surface area contributed by atoms with Crippen LogP contribution in [-0.4, -0.2) is 46.3 Å². The van der Waals surface area contributed by atoms with Gasteiger partial charge in [0.15, 0.2) is 0 Å². The second kappa shape index (κ2) is 9.71. The standard InChI is InChI=1S/C29H29N5O3/c35-24-13-15-34(16-14-24)23-10-5-20(6-11-23)29(37)31-22-9-12-25-26(17-22)32-33-27(25)18-3-7-21(8-4-18)30-28(36)19-1-2-19/h3-12,17,19,24,35H,1-2,13-16H2,(H,30,36)(H,31,37)(H,32,33). The Balaban J connectivity index is 1.12. The van der Waals surface area contributed by atoms with Gasteiger partial charge in [0.2, 0.25) is 5.91 Å². The minimum Gasteiger partial charge on any atom is -0.393 e. The van der Waals surface area contributed by atoms with Crippen LogP contribution >= 0.6 is 0 Å². The molecule has 2 amide bonds. The molecule has 3 aromatic carbocycles. The second-order valence-electron chi connectivity index (χ2n) is 9.89. The molecule has 6 rings (SSSR count). The van der Waals surface area contributed by atoms with E-state index in [4.69, 9.17) is 0 Å². The molecule has 2 heterocycles. The summed E-state index contributed by atoms with van der Waals surface area (Å²) in [6, 6.07) is 21.0. The van der Waals surface area contributed by atoms with Gasteiger partial charge in [-0.15, -0.1) is 0 Å². The fourth-order valence-electron chi connectivity index (χ4n) is 4.77. The van der Waals surface area contributed by atoms with Crippen LogP contribution in [0.4, 0.5) is 17.1 Å². The van der Waals surface area contributed by atoms with Crippen molar-refractivity contribution < 1.29 is 14.7 Å². The Morgan fingerprint density at radius 1 is 0.865 bits per heavy atom. The van der Waals surface area contributed by atoms with Crippen LogP contribution in [0.25, 0.3) is 22.2 Å². The number of rotatable bonds is 6. The van der Waals surface area contributed by atoms with Crippen LogP contribution in [0, 0.1) is 5.92 Å². The maximum atomic E-state index is 12.8. The lowest BCUT2D eigenvalue weighted by Crippen LogP contribution is -2.35. The van der Waals surface area contributed by atoms with Gasteiger partial charge in [-0.25, -0.2) is 0 Å². The first-order valence-corrected chi connectivity index (χ1v) is 12.8. The van der Waals surface area contributed by atoms with Crippen molar-refractivity contribution in [1.82, 2.24) is 10.2 Å². The Morgan fingerprint density at radius 2 is 1.57 bits per heavy atom. The number of amides is 2. The fourth-order valence-corrected chi connectivity index (χ4v) is 4.77. The number of hydrogen-bond acceptors (Lipinski definition) is 5. The molecular weight excluding hydrogens is 466 g/mol. The molecule has 1 aliphatic heterocycles. The van der Waals surface area contributed by atoms with Crippen LogP contribution < -0.4 is 15.5 Å². The summed E-state index contributed by atoms with van der Waals surface area (Å²) in [6.45, 7) is 1.64. The van der Waals surface area contributed by atoms with E-state index in [2.05, 4.69) is 25.7 Å². The monoisotopic (exact) mass is 495 g/mol. The van der Waals surface area contributed by atoms with Crippen LogP contribution in [0.5, 0.6) is 0 Å². The molecule has 0 spiro atoms. The molecule has 0 atom stereocenters. The van der Waals surface area contributed by atoms with Gasteiger partial charge in [0.1, 0.15) is 0 Å². The lowest BCUT2D eigenvalue weighted by atomic mass is 10.1. The number of aromatic nitrogens is 2. The minimum absolute atomic E-state index is 0.0891. The number of nitrogens with one attached hydrogen (secondary N) is 3. The number of aliphatic hydroxyl groups is 1. The van der Waals surface area contributed by atoms with Crippen molar-refractivity contribution in [3.8, 4) is 11.3 Å². The largest absolute Gasteiger partial charge is 0.393 e. The first-order valence-electron chi connectivity index (χ1n) is 12.8. The molecule has 4 N–H and O–H groups in total. The average molecular weight is 496 g/mol. The Morgan fingerprint density at radius 3 is 2.27 bits per heavy atom. The van der Waals surface area contributed by atoms with Crippen LogP contribution in [0.1, 0.15) is 36.0 Å². The summed E-state index contributed by atoms with van der Waals surface area (Å²) in [7, 11) is 0. The Hall–Kier alpha value is -4.17. The number of carbonyl (C=O) groups is 2. The van der Waals surface area contributed by atoms with Gasteiger partial charge in [-0.2, -0.15) is 5.10 Å². The topological polar surface area (TPSA) is 110 Å². The highest BCUT2D eigenvalue weighted by atomic mass is 16.3. The lowest BCUT2D eigenvalue weighted by Gasteiger charge is -2.31. The van der Waals surface area contributed by atoms with E-state index in [-0.39, 0.29) is 23.8 Å². The van der Waals surface area contributed by atoms with Gasteiger partial charge in [-0.05, 0) is 80.3 Å². The molecule has 8 nitrogen and oxygen atoms in total. The van der Waals surface area contributed by atoms with Gasteiger partial charge in [0, 0.05) is 52.6 Å². The predicted octanol–water partition coefficient (Wildman–Crippen LogP) is 4.79. The highest BCUT2D eigenvalue weighted by Gasteiger charge is 2.29. The molecule has 37 heavy (non-hydrogen) atoms. The maximum Gasteiger partial charge on any atom is 0.255 e. The summed E-state index contributed by atoms with van der Waals surface area (Å²) in [6.07, 6.45) is 3.27. The third-order valence-electron chi connectivity index (χ3n) is 7.15. The molecule has 2 aliphatic rings. The average Bonchev–Trinajstić information content (AvgIpc) is 3.70. The van der Waals surface area contributed by atoms with Crippen molar-refractivity contribution in [3.63, 3.8) is 0 Å². The first-order chi connectivity index (χ1) is 18.0. The Bertz CT molecular complexity index is 1430. The van der Waals surface area contributed by atoms with E-state index in [0.29, 0.717) is 11.3 Å². The van der Waals surface area contributed by atoms with Crippen molar-refractivity contribution in [2.24, 2.45) is 5.92 Å². The van der Waals surface area contributed by atoms with Gasteiger partial charge in [0.25, 0.3) is 5.91 Å². The minimum atomic E-state index is -0.212. The Labute approximate surface area is 214 Å². The number of fused-ring (bicyclic) bond motifs is 1. The number of anilines is 3. The number of aliphatic hydroxyl groups excluding tert-OH is 1. The predicted molar refractivity (Wildman–Crippen MR) is 145 cm³/mol. The number of hydrogen-bond donors (Lipinski definition) is 4. The van der Waals surface area contributed by atoms with Gasteiger partial charge >= 0.3 is 0 Å². The van der Waals surface area contributed by atoms with Gasteiger partial charge < -0.3 is 20.6 Å². The fraction of sp³-hybridized carbons (Fsp3) is 0.276. The van der Waals surface area contributed by atoms with E-state index in [1.807, 2.05) is 66.7 Å². The van der Waals surface area contributed by atoms with E-state index in [9.17, 15) is 14.7 Å². The van der Waals surface area contributed by atoms with Crippen molar-refractivity contribution in [1.29, 1.82) is 0 Å². The van der Waals surface area contributed by atoms with Crippen molar-refractivity contribution >= 4 is 39.8 Å². The normalized spacial score (nSPS) is 16.1. The lowest BCUT2D eigenvalue weighted by molar-refractivity contribution is -0.117. The SMILES string of the molecule is O=C(Nc1ccc2c(-c3ccc(NC(=O)C4CC4)cc3)n[nH]c2c1)c1ccc(N2CCC(O)CC2)cc1. The summed E-state index contributed by atoms with van der Waals surface area (Å²) in [5, 5.41) is 24.1. The van der Waals surface area contributed by atoms with Crippen molar-refractivity contribution in [2.45, 2.75) is 31.8 Å².